The van der Waals surface area contributed by atoms with E-state index in [2.05, 4.69) is 0 Å². The SMILES string of the molecule is CC(=O)O[C@]1(C)C(=O)O[C@]1(C)C(C)=O. The molecule has 0 aliphatic carbocycles. The molecule has 0 radical (unpaired) electrons. The van der Waals surface area contributed by atoms with E-state index in [-0.39, 0.29) is 5.78 Å². The molecule has 0 aromatic rings. The molecule has 2 atom stereocenters. The summed E-state index contributed by atoms with van der Waals surface area (Å²) >= 11 is 0. The van der Waals surface area contributed by atoms with E-state index in [1.807, 2.05) is 0 Å². The topological polar surface area (TPSA) is 69.7 Å². The van der Waals surface area contributed by atoms with Crippen molar-refractivity contribution in [2.24, 2.45) is 0 Å². The van der Waals surface area contributed by atoms with Crippen LogP contribution in [-0.2, 0) is 23.9 Å². The van der Waals surface area contributed by atoms with Crippen molar-refractivity contribution in [3.63, 3.8) is 0 Å². The number of carbonyl (C=O) groups is 3. The van der Waals surface area contributed by atoms with Crippen molar-refractivity contribution in [2.75, 3.05) is 0 Å². The molecular formula is C9H12O5. The molecule has 1 aliphatic heterocycles. The average molecular weight is 200 g/mol. The summed E-state index contributed by atoms with van der Waals surface area (Å²) in [5, 5.41) is 0. The zero-order valence-electron chi connectivity index (χ0n) is 8.54. The predicted molar refractivity (Wildman–Crippen MR) is 45.3 cm³/mol. The van der Waals surface area contributed by atoms with Crippen molar-refractivity contribution in [3.05, 3.63) is 0 Å². The van der Waals surface area contributed by atoms with Crippen LogP contribution in [0.5, 0.6) is 0 Å². The van der Waals surface area contributed by atoms with E-state index >= 15 is 0 Å². The minimum atomic E-state index is -1.48. The molecule has 78 valence electrons. The van der Waals surface area contributed by atoms with Gasteiger partial charge in [0.1, 0.15) is 0 Å². The van der Waals surface area contributed by atoms with Crippen LogP contribution in [0.4, 0.5) is 0 Å². The Kier molecular flexibility index (Phi) is 2.14. The maximum atomic E-state index is 11.2. The van der Waals surface area contributed by atoms with Gasteiger partial charge < -0.3 is 9.47 Å². The Hall–Kier alpha value is -1.39. The standard InChI is InChI=1S/C9H12O5/c1-5(10)8(3)9(4,7(12)14-8)13-6(2)11/h1-4H3/t8-,9-/m1/s1. The largest absolute Gasteiger partial charge is 0.443 e. The van der Waals surface area contributed by atoms with E-state index in [1.165, 1.54) is 27.7 Å². The molecule has 0 amide bonds. The number of hydrogen-bond donors (Lipinski definition) is 0. The first-order chi connectivity index (χ1) is 6.24. The second-order valence-corrected chi connectivity index (χ2v) is 3.61. The lowest BCUT2D eigenvalue weighted by Gasteiger charge is -2.49. The summed E-state index contributed by atoms with van der Waals surface area (Å²) in [7, 11) is 0. The Morgan fingerprint density at radius 3 is 2.07 bits per heavy atom. The second kappa shape index (κ2) is 2.80. The van der Waals surface area contributed by atoms with Gasteiger partial charge >= 0.3 is 11.9 Å². The van der Waals surface area contributed by atoms with Crippen molar-refractivity contribution >= 4 is 17.7 Å². The van der Waals surface area contributed by atoms with Crippen LogP contribution in [0.3, 0.4) is 0 Å². The van der Waals surface area contributed by atoms with Gasteiger partial charge in [0.05, 0.1) is 0 Å². The molecule has 5 nitrogen and oxygen atoms in total. The van der Waals surface area contributed by atoms with E-state index in [1.54, 1.807) is 0 Å². The predicted octanol–water partition coefficient (Wildman–Crippen LogP) is 0.213. The Morgan fingerprint density at radius 1 is 1.29 bits per heavy atom. The van der Waals surface area contributed by atoms with Crippen molar-refractivity contribution in [3.8, 4) is 0 Å². The molecule has 0 bridgehead atoms. The Labute approximate surface area is 81.4 Å². The van der Waals surface area contributed by atoms with Crippen LogP contribution < -0.4 is 0 Å². The number of rotatable bonds is 2. The number of esters is 2. The van der Waals surface area contributed by atoms with Gasteiger partial charge in [-0.15, -0.1) is 0 Å². The molecule has 14 heavy (non-hydrogen) atoms. The Balaban J connectivity index is 3.00. The van der Waals surface area contributed by atoms with Crippen molar-refractivity contribution < 1.29 is 23.9 Å². The zero-order valence-corrected chi connectivity index (χ0v) is 8.54. The first-order valence-corrected chi connectivity index (χ1v) is 4.18. The smallest absolute Gasteiger partial charge is 0.356 e. The fourth-order valence-corrected chi connectivity index (χ4v) is 1.36. The molecule has 0 aromatic heterocycles. The molecule has 1 fully saturated rings. The maximum absolute atomic E-state index is 11.2. The van der Waals surface area contributed by atoms with E-state index < -0.39 is 23.1 Å². The van der Waals surface area contributed by atoms with Gasteiger partial charge in [-0.25, -0.2) is 4.79 Å². The number of Topliss-reactive ketones (excluding diaryl/α,β-unsaturated/α-hetero) is 1. The third-order valence-corrected chi connectivity index (χ3v) is 2.62. The second-order valence-electron chi connectivity index (χ2n) is 3.61. The lowest BCUT2D eigenvalue weighted by molar-refractivity contribution is -0.258. The van der Waals surface area contributed by atoms with Gasteiger partial charge in [0.15, 0.2) is 5.78 Å². The summed E-state index contributed by atoms with van der Waals surface area (Å²) in [5.74, 6) is -1.65. The summed E-state index contributed by atoms with van der Waals surface area (Å²) in [4.78, 5) is 33.1. The van der Waals surface area contributed by atoms with Gasteiger partial charge in [-0.2, -0.15) is 0 Å². The monoisotopic (exact) mass is 200 g/mol. The zero-order chi connectivity index (χ0) is 11.1. The molecule has 1 aliphatic rings. The number of cyclic esters (lactones) is 1. The van der Waals surface area contributed by atoms with Gasteiger partial charge in [0.2, 0.25) is 5.60 Å². The van der Waals surface area contributed by atoms with Crippen LogP contribution in [0.15, 0.2) is 0 Å². The van der Waals surface area contributed by atoms with Gasteiger partial charge in [-0.3, -0.25) is 9.59 Å². The minimum Gasteiger partial charge on any atom is -0.443 e. The average Bonchev–Trinajstić information content (AvgIpc) is 2.02. The quantitative estimate of drug-likeness (QED) is 0.596. The summed E-state index contributed by atoms with van der Waals surface area (Å²) in [6.45, 7) is 5.27. The Bertz CT molecular complexity index is 321. The van der Waals surface area contributed by atoms with E-state index in [9.17, 15) is 14.4 Å². The Morgan fingerprint density at radius 2 is 1.79 bits per heavy atom. The van der Waals surface area contributed by atoms with Crippen molar-refractivity contribution in [1.29, 1.82) is 0 Å². The first-order valence-electron chi connectivity index (χ1n) is 4.18. The van der Waals surface area contributed by atoms with Crippen LogP contribution in [0.25, 0.3) is 0 Å². The minimum absolute atomic E-state index is 0.346. The highest BCUT2D eigenvalue weighted by Crippen LogP contribution is 2.41. The molecule has 1 saturated heterocycles. The number of ether oxygens (including phenoxy) is 2. The number of carbonyl (C=O) groups excluding carboxylic acids is 3. The summed E-state index contributed by atoms with van der Waals surface area (Å²) in [6.07, 6.45) is 0. The summed E-state index contributed by atoms with van der Waals surface area (Å²) < 4.78 is 9.57. The highest BCUT2D eigenvalue weighted by molar-refractivity contribution is 6.03. The molecule has 0 saturated carbocycles. The third kappa shape index (κ3) is 1.12. The fraction of sp³-hybridized carbons (Fsp3) is 0.667. The molecule has 5 heteroatoms. The van der Waals surface area contributed by atoms with E-state index in [0.29, 0.717) is 0 Å². The van der Waals surface area contributed by atoms with Gasteiger partial charge in [-0.1, -0.05) is 0 Å². The molecule has 0 N–H and O–H groups in total. The maximum Gasteiger partial charge on any atom is 0.356 e. The first kappa shape index (κ1) is 10.7. The molecule has 1 heterocycles. The third-order valence-electron chi connectivity index (χ3n) is 2.62. The molecular weight excluding hydrogens is 188 g/mol. The van der Waals surface area contributed by atoms with Crippen LogP contribution in [-0.4, -0.2) is 28.9 Å². The van der Waals surface area contributed by atoms with E-state index in [4.69, 9.17) is 9.47 Å². The number of hydrogen-bond acceptors (Lipinski definition) is 5. The van der Waals surface area contributed by atoms with Gasteiger partial charge in [0, 0.05) is 6.92 Å². The van der Waals surface area contributed by atoms with Crippen molar-refractivity contribution in [2.45, 2.75) is 38.9 Å². The lowest BCUT2D eigenvalue weighted by atomic mass is 9.77. The van der Waals surface area contributed by atoms with Gasteiger partial charge in [0.25, 0.3) is 5.60 Å². The van der Waals surface area contributed by atoms with E-state index in [0.717, 1.165) is 0 Å². The van der Waals surface area contributed by atoms with Crippen LogP contribution in [0.1, 0.15) is 27.7 Å². The molecule has 0 spiro atoms. The number of ketones is 1. The molecule has 0 unspecified atom stereocenters. The molecule has 0 aromatic carbocycles. The van der Waals surface area contributed by atoms with Crippen molar-refractivity contribution in [1.82, 2.24) is 0 Å². The summed E-state index contributed by atoms with van der Waals surface area (Å²) in [6, 6.07) is 0. The normalized spacial score (nSPS) is 35.6. The van der Waals surface area contributed by atoms with Crippen LogP contribution in [0, 0.1) is 0 Å². The molecule has 1 rings (SSSR count). The lowest BCUT2D eigenvalue weighted by Crippen LogP contribution is -2.73. The van der Waals surface area contributed by atoms with Gasteiger partial charge in [-0.05, 0) is 20.8 Å². The van der Waals surface area contributed by atoms with Crippen LogP contribution >= 0.6 is 0 Å². The fourth-order valence-electron chi connectivity index (χ4n) is 1.36. The highest BCUT2D eigenvalue weighted by Gasteiger charge is 2.69. The summed E-state index contributed by atoms with van der Waals surface area (Å²) in [5.41, 5.74) is -2.83. The van der Waals surface area contributed by atoms with Crippen LogP contribution in [0.2, 0.25) is 0 Å². The highest BCUT2D eigenvalue weighted by atomic mass is 16.7.